The molecule has 2 fully saturated rings. The minimum atomic E-state index is -0.855. The predicted octanol–water partition coefficient (Wildman–Crippen LogP) is 3.06. The molecule has 4 aromatic heterocycles. The molecule has 1 N–H and O–H groups in total. The van der Waals surface area contributed by atoms with Crippen LogP contribution in [0.25, 0.3) is 22.2 Å². The number of carbonyl (C=O) groups is 4. The fraction of sp³-hybridized carbons (Fsp3) is 0.321. The van der Waals surface area contributed by atoms with Crippen LogP contribution in [0.1, 0.15) is 41.6 Å². The molecular weight excluding hydrogens is 592 g/mol. The van der Waals surface area contributed by atoms with Crippen molar-refractivity contribution in [3.63, 3.8) is 0 Å². The van der Waals surface area contributed by atoms with Crippen molar-refractivity contribution < 1.29 is 19.2 Å². The van der Waals surface area contributed by atoms with Crippen molar-refractivity contribution in [2.75, 3.05) is 5.32 Å². The van der Waals surface area contributed by atoms with Crippen molar-refractivity contribution in [2.45, 2.75) is 52.2 Å². The Bertz CT molecular complexity index is 1750. The summed E-state index contributed by atoms with van der Waals surface area (Å²) in [6, 6.07) is 4.08. The molecule has 6 rings (SSSR count). The second-order valence-electron chi connectivity index (χ2n) is 10.5. The van der Waals surface area contributed by atoms with Gasteiger partial charge in [-0.25, -0.2) is 15.0 Å². The second kappa shape index (κ2) is 9.91. The lowest BCUT2D eigenvalue weighted by Crippen LogP contribution is -2.47. The third-order valence-electron chi connectivity index (χ3n) is 7.78. The lowest BCUT2D eigenvalue weighted by atomic mass is 10.0. The molecule has 1 saturated heterocycles. The van der Waals surface area contributed by atoms with Gasteiger partial charge in [0.1, 0.15) is 40.8 Å². The molecule has 1 aliphatic carbocycles. The zero-order chi connectivity index (χ0) is 29.1. The van der Waals surface area contributed by atoms with Gasteiger partial charge in [-0.1, -0.05) is 6.07 Å². The van der Waals surface area contributed by atoms with Crippen LogP contribution in [0, 0.1) is 19.3 Å². The summed E-state index contributed by atoms with van der Waals surface area (Å²) in [5.74, 6) is -0.0667. The molecule has 208 valence electrons. The van der Waals surface area contributed by atoms with Crippen molar-refractivity contribution in [1.82, 2.24) is 34.6 Å². The number of aldehydes is 1. The van der Waals surface area contributed by atoms with Crippen LogP contribution in [0.5, 0.6) is 0 Å². The topological polar surface area (TPSA) is 153 Å². The number of hydrogen-bond donors (Lipinski definition) is 1. The number of anilines is 1. The van der Waals surface area contributed by atoms with Crippen LogP contribution in [-0.4, -0.2) is 70.6 Å². The molecular formula is C28H25BrN8O4. The Labute approximate surface area is 242 Å². The summed E-state index contributed by atoms with van der Waals surface area (Å²) in [4.78, 5) is 70.4. The number of pyridine rings is 2. The summed E-state index contributed by atoms with van der Waals surface area (Å²) in [6.07, 6.45) is 6.44. The van der Waals surface area contributed by atoms with Gasteiger partial charge in [-0.05, 0) is 60.3 Å². The molecule has 3 atom stereocenters. The third kappa shape index (κ3) is 4.69. The largest absolute Gasteiger partial charge is 0.325 e. The van der Waals surface area contributed by atoms with Crippen molar-refractivity contribution >= 4 is 56.5 Å². The standard InChI is InChI=1S/C28H25BrN8O4/c1-14-4-5-23(29)33-26(14)34-27(41)20-7-28(13-38)8-22(28)37(20)24(40)12-36-21-11-32-19(17-9-30-16(3)31-10-17)6-18(21)25(35-36)15(2)39/h4-6,9-11,13,20,22H,7-8,12H2,1-3H3,(H,33,34,41)/t20-,22+,28-/m0/s1. The average Bonchev–Trinajstić information content (AvgIpc) is 3.38. The number of fused-ring (bicyclic) bond motifs is 2. The summed E-state index contributed by atoms with van der Waals surface area (Å²) >= 11 is 3.31. The van der Waals surface area contributed by atoms with E-state index < -0.39 is 17.4 Å². The van der Waals surface area contributed by atoms with Gasteiger partial charge in [0.2, 0.25) is 11.8 Å². The quantitative estimate of drug-likeness (QED) is 0.187. The van der Waals surface area contributed by atoms with E-state index >= 15 is 0 Å². The minimum Gasteiger partial charge on any atom is -0.325 e. The highest BCUT2D eigenvalue weighted by Gasteiger charge is 2.67. The Morgan fingerprint density at radius 2 is 1.88 bits per heavy atom. The maximum atomic E-state index is 13.8. The van der Waals surface area contributed by atoms with Gasteiger partial charge in [0.25, 0.3) is 0 Å². The first-order chi connectivity index (χ1) is 19.6. The highest BCUT2D eigenvalue weighted by atomic mass is 79.9. The first-order valence-electron chi connectivity index (χ1n) is 13.0. The van der Waals surface area contributed by atoms with E-state index in [1.807, 2.05) is 13.0 Å². The van der Waals surface area contributed by atoms with Crippen LogP contribution in [0.3, 0.4) is 0 Å². The molecule has 0 unspecified atom stereocenters. The Kier molecular flexibility index (Phi) is 6.48. The number of likely N-dealkylation sites (tertiary alicyclic amines) is 1. The number of hydrogen-bond acceptors (Lipinski definition) is 9. The highest BCUT2D eigenvalue weighted by molar-refractivity contribution is 9.10. The van der Waals surface area contributed by atoms with Gasteiger partial charge >= 0.3 is 0 Å². The van der Waals surface area contributed by atoms with Crippen LogP contribution in [0.4, 0.5) is 5.82 Å². The van der Waals surface area contributed by atoms with E-state index in [0.29, 0.717) is 44.8 Å². The van der Waals surface area contributed by atoms with Crippen molar-refractivity contribution in [3.05, 3.63) is 58.5 Å². The fourth-order valence-corrected chi connectivity index (χ4v) is 5.80. The smallest absolute Gasteiger partial charge is 0.248 e. The molecule has 2 aliphatic rings. The number of halogens is 1. The SMILES string of the molecule is CC(=O)c1nn(CC(=O)N2[C@H](C(=O)Nc3nc(Br)ccc3C)C[C@@]3(C=O)C[C@@H]23)c2cnc(-c3cnc(C)nc3)cc12. The van der Waals surface area contributed by atoms with Crippen molar-refractivity contribution in [3.8, 4) is 11.3 Å². The van der Waals surface area contributed by atoms with Crippen LogP contribution in [0.15, 0.2) is 41.4 Å². The number of aromatic nitrogens is 6. The molecule has 2 amide bonds. The number of piperidine rings is 1. The van der Waals surface area contributed by atoms with Crippen molar-refractivity contribution in [2.24, 2.45) is 5.41 Å². The van der Waals surface area contributed by atoms with Gasteiger partial charge in [-0.3, -0.25) is 24.0 Å². The maximum absolute atomic E-state index is 13.8. The summed E-state index contributed by atoms with van der Waals surface area (Å²) in [5.41, 5.74) is 1.96. The minimum absolute atomic E-state index is 0.199. The van der Waals surface area contributed by atoms with Crippen LogP contribution in [-0.2, 0) is 20.9 Å². The van der Waals surface area contributed by atoms with Crippen molar-refractivity contribution in [1.29, 1.82) is 0 Å². The molecule has 1 saturated carbocycles. The molecule has 41 heavy (non-hydrogen) atoms. The lowest BCUT2D eigenvalue weighted by molar-refractivity contribution is -0.138. The zero-order valence-electron chi connectivity index (χ0n) is 22.5. The highest BCUT2D eigenvalue weighted by Crippen LogP contribution is 2.58. The molecule has 12 nitrogen and oxygen atoms in total. The normalized spacial score (nSPS) is 21.0. The van der Waals surface area contributed by atoms with Gasteiger partial charge in [-0.2, -0.15) is 5.10 Å². The summed E-state index contributed by atoms with van der Waals surface area (Å²) in [5, 5.41) is 7.81. The maximum Gasteiger partial charge on any atom is 0.248 e. The average molecular weight is 617 g/mol. The number of nitrogens with one attached hydrogen (secondary N) is 1. The number of rotatable bonds is 7. The van der Waals surface area contributed by atoms with Gasteiger partial charge in [0, 0.05) is 36.3 Å². The lowest BCUT2D eigenvalue weighted by Gasteiger charge is -2.27. The number of Topliss-reactive ketones (excluding diaryl/α,β-unsaturated/α-hetero) is 1. The number of carbonyl (C=O) groups excluding carboxylic acids is 4. The van der Waals surface area contributed by atoms with E-state index in [1.54, 1.807) is 37.6 Å². The molecule has 4 aromatic rings. The number of amides is 2. The molecule has 5 heterocycles. The number of nitrogens with zero attached hydrogens (tertiary/aromatic N) is 7. The Balaban J connectivity index is 1.30. The van der Waals surface area contributed by atoms with E-state index in [4.69, 9.17) is 0 Å². The number of aryl methyl sites for hydroxylation is 2. The van der Waals surface area contributed by atoms with Gasteiger partial charge < -0.3 is 15.0 Å². The Morgan fingerprint density at radius 1 is 1.12 bits per heavy atom. The summed E-state index contributed by atoms with van der Waals surface area (Å²) < 4.78 is 1.98. The Morgan fingerprint density at radius 3 is 2.59 bits per heavy atom. The summed E-state index contributed by atoms with van der Waals surface area (Å²) in [7, 11) is 0. The summed E-state index contributed by atoms with van der Waals surface area (Å²) in [6.45, 7) is 4.77. The first kappa shape index (κ1) is 26.8. The molecule has 0 spiro atoms. The van der Waals surface area contributed by atoms with E-state index in [0.717, 1.165) is 11.8 Å². The Hall–Kier alpha value is -4.39. The monoisotopic (exact) mass is 616 g/mol. The van der Waals surface area contributed by atoms with Crippen LogP contribution < -0.4 is 5.32 Å². The third-order valence-corrected chi connectivity index (χ3v) is 8.23. The fourth-order valence-electron chi connectivity index (χ4n) is 5.49. The zero-order valence-corrected chi connectivity index (χ0v) is 24.0. The van der Waals surface area contributed by atoms with E-state index in [1.165, 1.54) is 16.5 Å². The number of ketones is 1. The predicted molar refractivity (Wildman–Crippen MR) is 151 cm³/mol. The van der Waals surface area contributed by atoms with Gasteiger partial charge in [-0.15, -0.1) is 0 Å². The molecule has 0 aromatic carbocycles. The van der Waals surface area contributed by atoms with E-state index in [9.17, 15) is 19.2 Å². The molecule has 1 aliphatic heterocycles. The van der Waals surface area contributed by atoms with E-state index in [-0.39, 0.29) is 36.4 Å². The van der Waals surface area contributed by atoms with Crippen LogP contribution >= 0.6 is 15.9 Å². The van der Waals surface area contributed by atoms with Gasteiger partial charge in [0.15, 0.2) is 5.78 Å². The second-order valence-corrected chi connectivity index (χ2v) is 11.4. The molecule has 0 bridgehead atoms. The molecule has 13 heteroatoms. The molecule has 0 radical (unpaired) electrons. The first-order valence-corrected chi connectivity index (χ1v) is 13.8. The van der Waals surface area contributed by atoms with E-state index in [2.05, 4.69) is 46.3 Å². The van der Waals surface area contributed by atoms with Gasteiger partial charge in [0.05, 0.1) is 22.8 Å². The van der Waals surface area contributed by atoms with Crippen LogP contribution in [0.2, 0.25) is 0 Å².